The summed E-state index contributed by atoms with van der Waals surface area (Å²) in [6.45, 7) is 6.56. The second-order valence-corrected chi connectivity index (χ2v) is 15.0. The third-order valence-corrected chi connectivity index (χ3v) is 11.4. The molecule has 0 saturated heterocycles. The summed E-state index contributed by atoms with van der Waals surface area (Å²) in [6, 6.07) is 37.2. The molecule has 0 aliphatic carbocycles. The number of rotatable bonds is 2. The van der Waals surface area contributed by atoms with Gasteiger partial charge in [-0.3, -0.25) is 0 Å². The molecule has 0 fully saturated rings. The number of furan rings is 1. The lowest BCUT2D eigenvalue weighted by Crippen LogP contribution is -2.61. The van der Waals surface area contributed by atoms with Crippen LogP contribution in [-0.4, -0.2) is 6.71 Å². The van der Waals surface area contributed by atoms with Crippen molar-refractivity contribution >= 4 is 99.7 Å². The molecular formula is C42H29BF2N2OS. The summed E-state index contributed by atoms with van der Waals surface area (Å²) in [5.74, 6) is -0.631. The molecule has 0 spiro atoms. The van der Waals surface area contributed by atoms with Crippen LogP contribution in [-0.2, 0) is 5.41 Å². The first kappa shape index (κ1) is 28.6. The lowest BCUT2D eigenvalue weighted by molar-refractivity contribution is 0.597. The van der Waals surface area contributed by atoms with E-state index in [1.54, 1.807) is 29.7 Å². The summed E-state index contributed by atoms with van der Waals surface area (Å²) in [5, 5.41) is 3.34. The third kappa shape index (κ3) is 3.94. The molecule has 10 rings (SSSR count). The smallest absolute Gasteiger partial charge is 0.252 e. The highest BCUT2D eigenvalue weighted by Gasteiger charge is 2.45. The maximum Gasteiger partial charge on any atom is 0.252 e. The summed E-state index contributed by atoms with van der Waals surface area (Å²) in [5.41, 5.74) is 9.60. The predicted octanol–water partition coefficient (Wildman–Crippen LogP) is 10.5. The van der Waals surface area contributed by atoms with Gasteiger partial charge in [0.2, 0.25) is 0 Å². The van der Waals surface area contributed by atoms with Gasteiger partial charge in [0, 0.05) is 44.0 Å². The quantitative estimate of drug-likeness (QED) is 0.172. The monoisotopic (exact) mass is 658 g/mol. The molecule has 0 radical (unpaired) electrons. The van der Waals surface area contributed by atoms with Gasteiger partial charge >= 0.3 is 0 Å². The van der Waals surface area contributed by atoms with E-state index in [-0.39, 0.29) is 23.8 Å². The van der Waals surface area contributed by atoms with Gasteiger partial charge in [0.05, 0.1) is 28.0 Å². The fourth-order valence-electron chi connectivity index (χ4n) is 8.09. The Hall–Kier alpha value is -5.40. The zero-order valence-corrected chi connectivity index (χ0v) is 27.9. The van der Waals surface area contributed by atoms with Gasteiger partial charge in [0.15, 0.2) is 0 Å². The van der Waals surface area contributed by atoms with Crippen molar-refractivity contribution in [2.24, 2.45) is 0 Å². The van der Waals surface area contributed by atoms with Gasteiger partial charge in [-0.2, -0.15) is 0 Å². The molecule has 0 N–H and O–H groups in total. The van der Waals surface area contributed by atoms with Crippen molar-refractivity contribution in [3.63, 3.8) is 0 Å². The Morgan fingerprint density at radius 3 is 2.00 bits per heavy atom. The van der Waals surface area contributed by atoms with Gasteiger partial charge in [-0.25, -0.2) is 8.78 Å². The van der Waals surface area contributed by atoms with E-state index in [0.29, 0.717) is 11.4 Å². The highest BCUT2D eigenvalue weighted by atomic mass is 32.1. The van der Waals surface area contributed by atoms with Crippen LogP contribution in [0.2, 0.25) is 0 Å². The highest BCUT2D eigenvalue weighted by Crippen LogP contribution is 2.50. The molecule has 4 heterocycles. The number of anilines is 6. The molecule has 8 aromatic rings. The van der Waals surface area contributed by atoms with Crippen LogP contribution in [0.3, 0.4) is 0 Å². The van der Waals surface area contributed by atoms with E-state index in [1.807, 2.05) is 53.4 Å². The number of benzene rings is 6. The Balaban J connectivity index is 1.37. The molecule has 0 amide bonds. The van der Waals surface area contributed by atoms with Crippen molar-refractivity contribution in [2.45, 2.75) is 26.2 Å². The second-order valence-electron chi connectivity index (χ2n) is 14.0. The normalized spacial score (nSPS) is 13.7. The lowest BCUT2D eigenvalue weighted by atomic mass is 9.33. The Labute approximate surface area is 286 Å². The highest BCUT2D eigenvalue weighted by molar-refractivity contribution is 7.27. The number of thiophene rings is 1. The molecule has 0 atom stereocenters. The zero-order valence-electron chi connectivity index (χ0n) is 27.1. The molecule has 236 valence electrons. The van der Waals surface area contributed by atoms with Gasteiger partial charge in [-0.15, -0.1) is 11.3 Å². The first-order valence-electron chi connectivity index (χ1n) is 16.5. The zero-order chi connectivity index (χ0) is 33.2. The van der Waals surface area contributed by atoms with Crippen molar-refractivity contribution in [1.29, 1.82) is 0 Å². The lowest BCUT2D eigenvalue weighted by Gasteiger charge is -2.44. The fraction of sp³-hybridized carbons (Fsp3) is 0.0952. The topological polar surface area (TPSA) is 19.6 Å². The van der Waals surface area contributed by atoms with Crippen molar-refractivity contribution in [3.8, 4) is 0 Å². The average Bonchev–Trinajstić information content (AvgIpc) is 3.72. The van der Waals surface area contributed by atoms with Crippen LogP contribution >= 0.6 is 11.3 Å². The molecule has 0 unspecified atom stereocenters. The maximum absolute atomic E-state index is 16.1. The summed E-state index contributed by atoms with van der Waals surface area (Å²) >= 11 is 1.79. The first-order valence-corrected chi connectivity index (χ1v) is 17.3. The standard InChI is InChI=1S/C42H29BF2N2OS/c1-42(2,3)27-11-8-10-25-26-18-19-28-39(41(26)49-40(25)27)47(33-15-7-5-13-31(33)45)35-17-9-16-34-38(35)43(28)29-22-24-20-21-48-37(24)23-36(29)46(34)32-14-6-4-12-30(32)44/h4-23H,1-3H3. The molecule has 2 aliphatic rings. The van der Waals surface area contributed by atoms with E-state index in [1.165, 1.54) is 27.8 Å². The molecular weight excluding hydrogens is 629 g/mol. The van der Waals surface area contributed by atoms with Gasteiger partial charge in [-0.05, 0) is 69.8 Å². The SMILES string of the molecule is CC(C)(C)c1cccc2c1sc1c3c(ccc12)B1c2cc4ccoc4cc2N(c2ccccc2F)c2cccc(c21)N3c1ccccc1F. The minimum absolute atomic E-state index is 0.0539. The Morgan fingerprint density at radius 2 is 1.27 bits per heavy atom. The molecule has 6 aromatic carbocycles. The Kier molecular flexibility index (Phi) is 5.87. The van der Waals surface area contributed by atoms with Gasteiger partial charge in [0.25, 0.3) is 6.71 Å². The molecule has 2 aliphatic heterocycles. The van der Waals surface area contributed by atoms with Gasteiger partial charge < -0.3 is 14.2 Å². The number of halogens is 2. The number of para-hydroxylation sites is 2. The summed E-state index contributed by atoms with van der Waals surface area (Å²) in [6.07, 6.45) is 1.70. The van der Waals surface area contributed by atoms with Crippen LogP contribution in [0.1, 0.15) is 26.3 Å². The van der Waals surface area contributed by atoms with E-state index in [9.17, 15) is 0 Å². The van der Waals surface area contributed by atoms with Crippen LogP contribution in [0, 0.1) is 11.6 Å². The van der Waals surface area contributed by atoms with Gasteiger partial charge in [0.1, 0.15) is 17.2 Å². The Bertz CT molecular complexity index is 2670. The summed E-state index contributed by atoms with van der Waals surface area (Å²) in [4.78, 5) is 4.11. The summed E-state index contributed by atoms with van der Waals surface area (Å²) < 4.78 is 40.2. The number of fused-ring (bicyclic) bond motifs is 9. The van der Waals surface area contributed by atoms with Crippen molar-refractivity contribution in [3.05, 3.63) is 139 Å². The third-order valence-electron chi connectivity index (χ3n) is 10.2. The first-order chi connectivity index (χ1) is 23.8. The van der Waals surface area contributed by atoms with Crippen LogP contribution in [0.25, 0.3) is 31.1 Å². The molecule has 3 nitrogen and oxygen atoms in total. The number of hydrogen-bond acceptors (Lipinski definition) is 4. The van der Waals surface area contributed by atoms with E-state index < -0.39 is 0 Å². The predicted molar refractivity (Wildman–Crippen MR) is 202 cm³/mol. The van der Waals surface area contributed by atoms with E-state index in [0.717, 1.165) is 60.2 Å². The minimum Gasteiger partial charge on any atom is -0.464 e. The van der Waals surface area contributed by atoms with E-state index in [2.05, 4.69) is 68.1 Å². The maximum atomic E-state index is 16.1. The summed E-state index contributed by atoms with van der Waals surface area (Å²) in [7, 11) is 0. The number of hydrogen-bond donors (Lipinski definition) is 0. The molecule has 49 heavy (non-hydrogen) atoms. The van der Waals surface area contributed by atoms with Crippen LogP contribution in [0.4, 0.5) is 42.9 Å². The van der Waals surface area contributed by atoms with Crippen molar-refractivity contribution in [2.75, 3.05) is 9.80 Å². The van der Waals surface area contributed by atoms with Crippen molar-refractivity contribution < 1.29 is 13.2 Å². The van der Waals surface area contributed by atoms with Crippen LogP contribution in [0.15, 0.2) is 126 Å². The van der Waals surface area contributed by atoms with E-state index in [4.69, 9.17) is 4.42 Å². The molecule has 2 aromatic heterocycles. The molecule has 0 saturated carbocycles. The Morgan fingerprint density at radius 1 is 0.612 bits per heavy atom. The number of nitrogens with zero attached hydrogens (tertiary/aromatic N) is 2. The van der Waals surface area contributed by atoms with Crippen LogP contribution < -0.4 is 26.2 Å². The fourth-order valence-corrected chi connectivity index (χ4v) is 9.66. The average molecular weight is 659 g/mol. The van der Waals surface area contributed by atoms with Crippen LogP contribution in [0.5, 0.6) is 0 Å². The molecule has 7 heteroatoms. The second kappa shape index (κ2) is 10.1. The molecule has 0 bridgehead atoms. The van der Waals surface area contributed by atoms with E-state index >= 15 is 8.78 Å². The minimum atomic E-state index is -0.326. The van der Waals surface area contributed by atoms with Gasteiger partial charge in [-0.1, -0.05) is 87.5 Å². The van der Waals surface area contributed by atoms with Crippen molar-refractivity contribution in [1.82, 2.24) is 0 Å². The largest absolute Gasteiger partial charge is 0.464 e.